The van der Waals surface area contributed by atoms with Crippen LogP contribution in [0.3, 0.4) is 0 Å². The van der Waals surface area contributed by atoms with Gasteiger partial charge in [-0.3, -0.25) is 9.59 Å². The Morgan fingerprint density at radius 2 is 1.48 bits per heavy atom. The van der Waals surface area contributed by atoms with Crippen molar-refractivity contribution in [2.24, 2.45) is 5.10 Å². The van der Waals surface area contributed by atoms with Crippen LogP contribution in [0.1, 0.15) is 44.9 Å². The molecular formula is C16H21N3O2. The molecule has 0 heterocycles. The van der Waals surface area contributed by atoms with Gasteiger partial charge in [0.15, 0.2) is 0 Å². The maximum Gasteiger partial charge on any atom is 0.329 e. The third-order valence-corrected chi connectivity index (χ3v) is 3.48. The number of amides is 2. The van der Waals surface area contributed by atoms with Gasteiger partial charge >= 0.3 is 11.8 Å². The largest absolute Gasteiger partial charge is 0.329 e. The molecule has 0 aliphatic heterocycles. The number of carbonyl (C=O) groups excluding carboxylic acids is 2. The first-order chi connectivity index (χ1) is 10.3. The molecule has 2 amide bonds. The molecule has 5 nitrogen and oxygen atoms in total. The van der Waals surface area contributed by atoms with Gasteiger partial charge in [-0.2, -0.15) is 5.10 Å². The van der Waals surface area contributed by atoms with Crippen LogP contribution in [0.25, 0.3) is 0 Å². The Morgan fingerprint density at radius 1 is 0.857 bits per heavy atom. The smallest absolute Gasteiger partial charge is 0.318 e. The number of rotatable bonds is 2. The first-order valence-electron chi connectivity index (χ1n) is 7.47. The van der Waals surface area contributed by atoms with Gasteiger partial charge in [-0.15, -0.1) is 0 Å². The topological polar surface area (TPSA) is 70.6 Å². The fourth-order valence-electron chi connectivity index (χ4n) is 2.32. The van der Waals surface area contributed by atoms with E-state index in [0.29, 0.717) is 5.69 Å². The average molecular weight is 287 g/mol. The van der Waals surface area contributed by atoms with E-state index in [1.807, 2.05) is 6.07 Å². The molecule has 5 heteroatoms. The van der Waals surface area contributed by atoms with Gasteiger partial charge in [0.05, 0.1) is 0 Å². The summed E-state index contributed by atoms with van der Waals surface area (Å²) in [6, 6.07) is 8.89. The number of nitrogens with one attached hydrogen (secondary N) is 2. The maximum absolute atomic E-state index is 11.7. The standard InChI is InChI=1S/C16H21N3O2/c20-15(17-13-9-7-4-8-10-13)16(21)19-18-14-11-5-2-1-3-6-12-14/h4,7-10H,1-3,5-6,11-12H2,(H,17,20)(H,19,21). The second-order valence-corrected chi connectivity index (χ2v) is 5.21. The van der Waals surface area contributed by atoms with E-state index in [-0.39, 0.29) is 0 Å². The molecule has 2 rings (SSSR count). The zero-order valence-electron chi connectivity index (χ0n) is 12.1. The van der Waals surface area contributed by atoms with Gasteiger partial charge in [0.2, 0.25) is 0 Å². The Bertz CT molecular complexity index is 502. The van der Waals surface area contributed by atoms with Crippen molar-refractivity contribution in [3.8, 4) is 0 Å². The molecule has 1 saturated carbocycles. The van der Waals surface area contributed by atoms with Crippen LogP contribution < -0.4 is 10.7 Å². The molecular weight excluding hydrogens is 266 g/mol. The van der Waals surface area contributed by atoms with E-state index < -0.39 is 11.8 Å². The van der Waals surface area contributed by atoms with E-state index in [9.17, 15) is 9.59 Å². The summed E-state index contributed by atoms with van der Waals surface area (Å²) in [4.78, 5) is 23.4. The maximum atomic E-state index is 11.7. The lowest BCUT2D eigenvalue weighted by Crippen LogP contribution is -2.33. The van der Waals surface area contributed by atoms with Gasteiger partial charge in [-0.05, 0) is 37.8 Å². The number of carbonyl (C=O) groups is 2. The Hall–Kier alpha value is -2.17. The van der Waals surface area contributed by atoms with E-state index in [1.165, 1.54) is 19.3 Å². The SMILES string of the molecule is O=C(NN=C1CCCCCCC1)C(=O)Nc1ccccc1. The highest BCUT2D eigenvalue weighted by Crippen LogP contribution is 2.14. The first-order valence-corrected chi connectivity index (χ1v) is 7.47. The molecule has 2 N–H and O–H groups in total. The number of hydrogen-bond donors (Lipinski definition) is 2. The highest BCUT2D eigenvalue weighted by atomic mass is 16.2. The summed E-state index contributed by atoms with van der Waals surface area (Å²) < 4.78 is 0. The van der Waals surface area contributed by atoms with E-state index in [4.69, 9.17) is 0 Å². The molecule has 1 aliphatic carbocycles. The summed E-state index contributed by atoms with van der Waals surface area (Å²) in [5.74, 6) is -1.43. The van der Waals surface area contributed by atoms with Crippen molar-refractivity contribution in [1.82, 2.24) is 5.43 Å². The van der Waals surface area contributed by atoms with Crippen molar-refractivity contribution in [2.75, 3.05) is 5.32 Å². The normalized spacial score (nSPS) is 15.5. The van der Waals surface area contributed by atoms with Gasteiger partial charge < -0.3 is 5.32 Å². The molecule has 0 radical (unpaired) electrons. The molecule has 21 heavy (non-hydrogen) atoms. The van der Waals surface area contributed by atoms with Crippen molar-refractivity contribution in [1.29, 1.82) is 0 Å². The van der Waals surface area contributed by atoms with E-state index >= 15 is 0 Å². The van der Waals surface area contributed by atoms with Crippen LogP contribution in [-0.4, -0.2) is 17.5 Å². The minimum absolute atomic E-state index is 0.594. The number of nitrogens with zero attached hydrogens (tertiary/aromatic N) is 1. The van der Waals surface area contributed by atoms with Crippen LogP contribution in [0.4, 0.5) is 5.69 Å². The molecule has 1 fully saturated rings. The van der Waals surface area contributed by atoms with Crippen LogP contribution in [0, 0.1) is 0 Å². The third-order valence-electron chi connectivity index (χ3n) is 3.48. The quantitative estimate of drug-likeness (QED) is 0.648. The molecule has 1 aromatic rings. The van der Waals surface area contributed by atoms with Crippen molar-refractivity contribution in [2.45, 2.75) is 44.9 Å². The Kier molecular flexibility index (Phi) is 5.94. The second-order valence-electron chi connectivity index (χ2n) is 5.21. The zero-order valence-corrected chi connectivity index (χ0v) is 12.1. The third kappa shape index (κ3) is 5.38. The van der Waals surface area contributed by atoms with Gasteiger partial charge in [-0.1, -0.05) is 37.5 Å². The number of anilines is 1. The molecule has 0 bridgehead atoms. The molecule has 0 spiro atoms. The first kappa shape index (κ1) is 15.2. The van der Waals surface area contributed by atoms with Crippen LogP contribution in [0.15, 0.2) is 35.4 Å². The summed E-state index contributed by atoms with van der Waals surface area (Å²) in [5, 5.41) is 6.64. The summed E-state index contributed by atoms with van der Waals surface area (Å²) in [5.41, 5.74) is 3.93. The Labute approximate surface area is 124 Å². The van der Waals surface area contributed by atoms with Crippen LogP contribution in [-0.2, 0) is 9.59 Å². The lowest BCUT2D eigenvalue weighted by Gasteiger charge is -2.10. The zero-order chi connectivity index (χ0) is 14.9. The van der Waals surface area contributed by atoms with E-state index in [0.717, 1.165) is 31.4 Å². The highest BCUT2D eigenvalue weighted by molar-refractivity contribution is 6.39. The summed E-state index contributed by atoms with van der Waals surface area (Å²) >= 11 is 0. The second kappa shape index (κ2) is 8.19. The van der Waals surface area contributed by atoms with E-state index in [2.05, 4.69) is 15.8 Å². The number of hydrazone groups is 1. The predicted octanol–water partition coefficient (Wildman–Crippen LogP) is 2.84. The Morgan fingerprint density at radius 3 is 2.14 bits per heavy atom. The molecule has 1 aliphatic rings. The molecule has 0 aromatic heterocycles. The van der Waals surface area contributed by atoms with Gasteiger partial charge in [0.25, 0.3) is 0 Å². The minimum Gasteiger partial charge on any atom is -0.318 e. The minimum atomic E-state index is -0.728. The van der Waals surface area contributed by atoms with Crippen molar-refractivity contribution < 1.29 is 9.59 Å². The monoisotopic (exact) mass is 287 g/mol. The Balaban J connectivity index is 1.83. The molecule has 1 aromatic carbocycles. The molecule has 0 unspecified atom stereocenters. The number of hydrogen-bond acceptors (Lipinski definition) is 3. The number of para-hydroxylation sites is 1. The average Bonchev–Trinajstić information content (AvgIpc) is 2.47. The molecule has 0 atom stereocenters. The highest BCUT2D eigenvalue weighted by Gasteiger charge is 2.13. The predicted molar refractivity (Wildman–Crippen MR) is 83.0 cm³/mol. The summed E-state index contributed by atoms with van der Waals surface area (Å²) in [6.07, 6.45) is 7.71. The van der Waals surface area contributed by atoms with Crippen LogP contribution in [0.2, 0.25) is 0 Å². The summed E-state index contributed by atoms with van der Waals surface area (Å²) in [6.45, 7) is 0. The van der Waals surface area contributed by atoms with Crippen LogP contribution >= 0.6 is 0 Å². The lowest BCUT2D eigenvalue weighted by molar-refractivity contribution is -0.136. The van der Waals surface area contributed by atoms with E-state index in [1.54, 1.807) is 24.3 Å². The number of benzene rings is 1. The van der Waals surface area contributed by atoms with Crippen molar-refractivity contribution in [3.05, 3.63) is 30.3 Å². The fourth-order valence-corrected chi connectivity index (χ4v) is 2.32. The van der Waals surface area contributed by atoms with Crippen LogP contribution in [0.5, 0.6) is 0 Å². The fraction of sp³-hybridized carbons (Fsp3) is 0.438. The van der Waals surface area contributed by atoms with Crippen molar-refractivity contribution in [3.63, 3.8) is 0 Å². The van der Waals surface area contributed by atoms with Crippen molar-refractivity contribution >= 4 is 23.2 Å². The van der Waals surface area contributed by atoms with Gasteiger partial charge in [-0.25, -0.2) is 5.43 Å². The lowest BCUT2D eigenvalue weighted by atomic mass is 9.99. The van der Waals surface area contributed by atoms with Gasteiger partial charge in [0.1, 0.15) is 0 Å². The van der Waals surface area contributed by atoms with Gasteiger partial charge in [0, 0.05) is 11.4 Å². The summed E-state index contributed by atoms with van der Waals surface area (Å²) in [7, 11) is 0. The molecule has 0 saturated heterocycles. The molecule has 112 valence electrons.